The molecule has 2 aliphatic rings. The van der Waals surface area contributed by atoms with Gasteiger partial charge in [0, 0.05) is 0 Å². The van der Waals surface area contributed by atoms with Crippen molar-refractivity contribution in [3.05, 3.63) is 53.6 Å². The largest absolute Gasteiger partial charge is 1.00 e. The molecule has 1 fully saturated rings. The van der Waals surface area contributed by atoms with Crippen molar-refractivity contribution in [3.63, 3.8) is 0 Å². The zero-order chi connectivity index (χ0) is 23.1. The molecule has 35 heavy (non-hydrogen) atoms. The molecule has 1 aromatic rings. The molecule has 0 aliphatic heterocycles. The fourth-order valence-corrected chi connectivity index (χ4v) is 12.0. The van der Waals surface area contributed by atoms with Gasteiger partial charge in [-0.1, -0.05) is 13.8 Å². The Morgan fingerprint density at radius 1 is 0.714 bits per heavy atom. The SMILES string of the molecule is CCCCCCc1cc(CCCCCC)cc([Si](C)(C)C2C(C)[CH]([Ti+3])C3C=CC=CC32)c1.[Cl-].[Cl-].[Cl-]. The molecule has 0 radical (unpaired) electrons. The first-order valence-corrected chi connectivity index (χ1v) is 17.6. The third kappa shape index (κ3) is 9.04. The van der Waals surface area contributed by atoms with Crippen LogP contribution in [0.25, 0.3) is 0 Å². The van der Waals surface area contributed by atoms with Gasteiger partial charge in [-0.3, -0.25) is 0 Å². The molecule has 1 saturated carbocycles. The van der Waals surface area contributed by atoms with Crippen LogP contribution in [0.4, 0.5) is 0 Å². The average Bonchev–Trinajstić information content (AvgIpc) is 3.05. The minimum atomic E-state index is -1.62. The Hall–Kier alpha value is 0.501. The van der Waals surface area contributed by atoms with Gasteiger partial charge in [-0.2, -0.15) is 0 Å². The van der Waals surface area contributed by atoms with E-state index in [0.717, 1.165) is 27.5 Å². The number of unbranched alkanes of at least 4 members (excludes halogenated alkanes) is 6. The summed E-state index contributed by atoms with van der Waals surface area (Å²) < 4.78 is 0.795. The molecule has 5 atom stereocenters. The number of halogens is 3. The molecule has 2 aliphatic carbocycles. The van der Waals surface area contributed by atoms with Crippen LogP contribution >= 0.6 is 0 Å². The number of benzene rings is 1. The fourth-order valence-electron chi connectivity index (χ4n) is 6.55. The first kappa shape index (κ1) is 35.5. The van der Waals surface area contributed by atoms with Gasteiger partial charge in [0.25, 0.3) is 0 Å². The van der Waals surface area contributed by atoms with Gasteiger partial charge in [0.1, 0.15) is 0 Å². The summed E-state index contributed by atoms with van der Waals surface area (Å²) in [6, 6.07) is 7.88. The first-order valence-electron chi connectivity index (χ1n) is 13.6. The van der Waals surface area contributed by atoms with Crippen molar-refractivity contribution in [1.82, 2.24) is 0 Å². The molecule has 0 N–H and O–H groups in total. The van der Waals surface area contributed by atoms with Gasteiger partial charge in [0.05, 0.1) is 0 Å². The summed E-state index contributed by atoms with van der Waals surface area (Å²) >= 11 is 2.51. The van der Waals surface area contributed by atoms with Crippen LogP contribution < -0.4 is 42.4 Å². The molecule has 0 aromatic heterocycles. The normalized spacial score (nSPS) is 24.8. The summed E-state index contributed by atoms with van der Waals surface area (Å²) in [4.78, 5) is 0. The van der Waals surface area contributed by atoms with Crippen molar-refractivity contribution in [2.45, 2.75) is 108 Å². The molecule has 0 nitrogen and oxygen atoms in total. The number of allylic oxidation sites excluding steroid dienone is 4. The Bertz CT molecular complexity index is 762. The molecular formula is C30H47Cl3SiTi. The van der Waals surface area contributed by atoms with E-state index < -0.39 is 8.07 Å². The van der Waals surface area contributed by atoms with Crippen LogP contribution in [0.15, 0.2) is 42.5 Å². The number of fused-ring (bicyclic) bond motifs is 1. The topological polar surface area (TPSA) is 0 Å². The molecule has 196 valence electrons. The molecule has 0 spiro atoms. The maximum absolute atomic E-state index is 2.69. The van der Waals surface area contributed by atoms with Crippen LogP contribution in [0.5, 0.6) is 0 Å². The van der Waals surface area contributed by atoms with E-state index in [1.807, 2.05) is 0 Å². The molecular weight excluding hydrogens is 543 g/mol. The monoisotopic (exact) mass is 588 g/mol. The summed E-state index contributed by atoms with van der Waals surface area (Å²) in [5.41, 5.74) is 4.09. The summed E-state index contributed by atoms with van der Waals surface area (Å²) in [7, 11) is -1.62. The molecule has 5 unspecified atom stereocenters. The van der Waals surface area contributed by atoms with Crippen molar-refractivity contribution < 1.29 is 57.7 Å². The van der Waals surface area contributed by atoms with Crippen LogP contribution in [0.3, 0.4) is 0 Å². The van der Waals surface area contributed by atoms with Crippen LogP contribution in [0.2, 0.25) is 22.9 Å². The van der Waals surface area contributed by atoms with Crippen molar-refractivity contribution >= 4 is 13.3 Å². The average molecular weight is 590 g/mol. The van der Waals surface area contributed by atoms with E-state index >= 15 is 0 Å². The number of hydrogen-bond donors (Lipinski definition) is 0. The quantitative estimate of drug-likeness (QED) is 0.230. The van der Waals surface area contributed by atoms with Gasteiger partial charge in [0.15, 0.2) is 0 Å². The van der Waals surface area contributed by atoms with E-state index in [4.69, 9.17) is 0 Å². The molecule has 5 heteroatoms. The molecule has 0 amide bonds. The first-order chi connectivity index (χ1) is 15.4. The molecule has 3 rings (SSSR count). The van der Waals surface area contributed by atoms with Crippen LogP contribution in [0, 0.1) is 17.8 Å². The second-order valence-electron chi connectivity index (χ2n) is 11.2. The predicted molar refractivity (Wildman–Crippen MR) is 141 cm³/mol. The molecule has 0 heterocycles. The van der Waals surface area contributed by atoms with E-state index in [2.05, 4.69) is 96.8 Å². The Kier molecular flexibility index (Phi) is 17.4. The number of hydrogen-bond acceptors (Lipinski definition) is 0. The minimum absolute atomic E-state index is 0. The molecule has 0 bridgehead atoms. The van der Waals surface area contributed by atoms with Gasteiger partial charge in [-0.05, 0) is 0 Å². The smallest absolute Gasteiger partial charge is 1.00 e. The van der Waals surface area contributed by atoms with E-state index in [9.17, 15) is 0 Å². The van der Waals surface area contributed by atoms with Crippen molar-refractivity contribution in [2.24, 2.45) is 17.8 Å². The summed E-state index contributed by atoms with van der Waals surface area (Å²) in [6.07, 6.45) is 23.1. The Labute approximate surface area is 248 Å². The van der Waals surface area contributed by atoms with Gasteiger partial charge < -0.3 is 37.2 Å². The summed E-state index contributed by atoms with van der Waals surface area (Å²) in [5.74, 6) is 2.30. The Morgan fingerprint density at radius 3 is 1.69 bits per heavy atom. The predicted octanol–water partition coefficient (Wildman–Crippen LogP) is -0.427. The van der Waals surface area contributed by atoms with Crippen molar-refractivity contribution in [3.8, 4) is 0 Å². The Morgan fingerprint density at radius 2 is 1.20 bits per heavy atom. The zero-order valence-electron chi connectivity index (χ0n) is 22.6. The Balaban J connectivity index is 0.00000385. The van der Waals surface area contributed by atoms with Gasteiger partial charge >= 0.3 is 199 Å². The standard InChI is InChI=1S/C30H47Si.3ClH.Ti/c1-6-8-10-12-16-25-21-26(17-13-11-9-7-2)23-28(22-25)31(4,5)30-24(3)20-27-18-14-15-19-29(27)30;;;;/h14-15,18-24,27,29-30H,6-13,16-17H2,1-5H3;3*1H;/q;;;;+3/p-3. The zero-order valence-corrected chi connectivity index (χ0v) is 27.5. The van der Waals surface area contributed by atoms with E-state index in [1.165, 1.54) is 64.2 Å². The summed E-state index contributed by atoms with van der Waals surface area (Å²) in [6.45, 7) is 12.6. The molecule has 0 saturated heterocycles. The van der Waals surface area contributed by atoms with Gasteiger partial charge in [-0.25, -0.2) is 0 Å². The van der Waals surface area contributed by atoms with Crippen molar-refractivity contribution in [1.29, 1.82) is 0 Å². The van der Waals surface area contributed by atoms with E-state index in [0.29, 0.717) is 0 Å². The van der Waals surface area contributed by atoms with Gasteiger partial charge in [-0.15, -0.1) is 0 Å². The third-order valence-electron chi connectivity index (χ3n) is 8.45. The van der Waals surface area contributed by atoms with E-state index in [1.54, 1.807) is 16.3 Å². The molecule has 1 aromatic carbocycles. The van der Waals surface area contributed by atoms with Crippen LogP contribution in [-0.4, -0.2) is 8.07 Å². The van der Waals surface area contributed by atoms with Gasteiger partial charge in [0.2, 0.25) is 0 Å². The van der Waals surface area contributed by atoms with Crippen molar-refractivity contribution in [2.75, 3.05) is 0 Å². The number of rotatable bonds is 12. The van der Waals surface area contributed by atoms with E-state index in [-0.39, 0.29) is 37.2 Å². The minimum Gasteiger partial charge on any atom is -1.00 e. The fraction of sp³-hybridized carbons (Fsp3) is 0.667. The maximum atomic E-state index is 2.69. The second kappa shape index (κ2) is 17.2. The summed E-state index contributed by atoms with van der Waals surface area (Å²) in [5, 5.41) is 1.74. The second-order valence-corrected chi connectivity index (χ2v) is 16.9. The van der Waals surface area contributed by atoms with Crippen LogP contribution in [0.1, 0.15) is 83.3 Å². The maximum Gasteiger partial charge on any atom is -1.00 e. The third-order valence-corrected chi connectivity index (χ3v) is 14.2. The number of aryl methyl sites for hydroxylation is 2. The van der Waals surface area contributed by atoms with Crippen LogP contribution in [-0.2, 0) is 33.3 Å².